The predicted molar refractivity (Wildman–Crippen MR) is 97.4 cm³/mol. The summed E-state index contributed by atoms with van der Waals surface area (Å²) in [6.45, 7) is 0.398. The van der Waals surface area contributed by atoms with Gasteiger partial charge in [-0.25, -0.2) is 0 Å². The van der Waals surface area contributed by atoms with Crippen molar-refractivity contribution in [3.8, 4) is 11.8 Å². The summed E-state index contributed by atoms with van der Waals surface area (Å²) in [6.07, 6.45) is 0. The molecule has 102 valence electrons. The number of benzene rings is 2. The van der Waals surface area contributed by atoms with E-state index in [0.717, 1.165) is 18.5 Å². The molecule has 0 radical (unpaired) electrons. The Bertz CT molecular complexity index is 675. The fourth-order valence-electron chi connectivity index (χ4n) is 1.55. The highest BCUT2D eigenvalue weighted by Gasteiger charge is 2.09. The number of hydrogen-bond acceptors (Lipinski definition) is 2. The van der Waals surface area contributed by atoms with Gasteiger partial charge in [0.05, 0.1) is 28.8 Å². The van der Waals surface area contributed by atoms with E-state index in [4.69, 9.17) is 33.2 Å². The molecular formula is C14H7Cl2I2NO. The van der Waals surface area contributed by atoms with Gasteiger partial charge >= 0.3 is 0 Å². The normalized spacial score (nSPS) is 10.2. The average Bonchev–Trinajstić information content (AvgIpc) is 2.41. The Morgan fingerprint density at radius 1 is 1.05 bits per heavy atom. The fraction of sp³-hybridized carbons (Fsp3) is 0.0714. The lowest BCUT2D eigenvalue weighted by molar-refractivity contribution is 0.302. The number of halogens is 4. The minimum absolute atomic E-state index is 0.398. The van der Waals surface area contributed by atoms with Crippen molar-refractivity contribution >= 4 is 68.4 Å². The number of nitriles is 1. The second-order valence-electron chi connectivity index (χ2n) is 3.92. The van der Waals surface area contributed by atoms with Crippen LogP contribution in [-0.2, 0) is 6.61 Å². The van der Waals surface area contributed by atoms with Crippen LogP contribution in [0.1, 0.15) is 11.1 Å². The lowest BCUT2D eigenvalue weighted by Gasteiger charge is -2.11. The monoisotopic (exact) mass is 529 g/mol. The van der Waals surface area contributed by atoms with Crippen molar-refractivity contribution in [3.05, 3.63) is 58.6 Å². The second-order valence-corrected chi connectivity index (χ2v) is 7.06. The first-order valence-electron chi connectivity index (χ1n) is 5.47. The molecular weight excluding hydrogens is 523 g/mol. The molecule has 0 aliphatic carbocycles. The molecule has 2 aromatic rings. The molecule has 0 N–H and O–H groups in total. The highest BCUT2D eigenvalue weighted by molar-refractivity contribution is 14.1. The van der Waals surface area contributed by atoms with Crippen molar-refractivity contribution in [1.82, 2.24) is 0 Å². The maximum Gasteiger partial charge on any atom is 0.146 e. The summed E-state index contributed by atoms with van der Waals surface area (Å²) in [5, 5.41) is 9.95. The van der Waals surface area contributed by atoms with Crippen LogP contribution in [0.15, 0.2) is 30.3 Å². The lowest BCUT2D eigenvalue weighted by atomic mass is 10.2. The van der Waals surface area contributed by atoms with Crippen LogP contribution in [0, 0.1) is 18.5 Å². The summed E-state index contributed by atoms with van der Waals surface area (Å²) < 4.78 is 7.64. The first-order chi connectivity index (χ1) is 9.51. The summed E-state index contributed by atoms with van der Waals surface area (Å²) in [5.41, 5.74) is 1.57. The van der Waals surface area contributed by atoms with Gasteiger partial charge in [0, 0.05) is 0 Å². The molecule has 0 spiro atoms. The van der Waals surface area contributed by atoms with E-state index < -0.39 is 0 Å². The van der Waals surface area contributed by atoms with Gasteiger partial charge in [-0.15, -0.1) is 0 Å². The molecule has 0 heterocycles. The minimum Gasteiger partial charge on any atom is -0.487 e. The predicted octanol–water partition coefficient (Wildman–Crippen LogP) is 5.65. The average molecular weight is 530 g/mol. The fourth-order valence-corrected chi connectivity index (χ4v) is 3.95. The van der Waals surface area contributed by atoms with Crippen LogP contribution < -0.4 is 4.74 Å². The van der Waals surface area contributed by atoms with Crippen LogP contribution >= 0.6 is 68.4 Å². The zero-order valence-corrected chi connectivity index (χ0v) is 15.8. The maximum atomic E-state index is 8.92. The van der Waals surface area contributed by atoms with Crippen LogP contribution in [0.4, 0.5) is 0 Å². The summed E-state index contributed by atoms with van der Waals surface area (Å²) in [5.74, 6) is 0.774. The van der Waals surface area contributed by atoms with Crippen LogP contribution in [-0.4, -0.2) is 0 Å². The highest BCUT2D eigenvalue weighted by atomic mass is 127. The largest absolute Gasteiger partial charge is 0.487 e. The minimum atomic E-state index is 0.398. The zero-order valence-electron chi connectivity index (χ0n) is 9.96. The van der Waals surface area contributed by atoms with E-state index in [1.807, 2.05) is 6.07 Å². The van der Waals surface area contributed by atoms with Crippen LogP contribution in [0.5, 0.6) is 5.75 Å². The molecule has 2 rings (SSSR count). The van der Waals surface area contributed by atoms with E-state index in [2.05, 4.69) is 51.3 Å². The number of ether oxygens (including phenoxy) is 1. The molecule has 0 saturated heterocycles. The second kappa shape index (κ2) is 7.16. The van der Waals surface area contributed by atoms with Crippen molar-refractivity contribution in [2.75, 3.05) is 0 Å². The van der Waals surface area contributed by atoms with Crippen molar-refractivity contribution in [2.45, 2.75) is 6.61 Å². The number of nitrogens with zero attached hydrogens (tertiary/aromatic N) is 1. The van der Waals surface area contributed by atoms with Crippen molar-refractivity contribution in [1.29, 1.82) is 5.26 Å². The van der Waals surface area contributed by atoms with Crippen molar-refractivity contribution < 1.29 is 4.74 Å². The van der Waals surface area contributed by atoms with E-state index in [9.17, 15) is 0 Å². The van der Waals surface area contributed by atoms with Gasteiger partial charge in [-0.05, 0) is 75.0 Å². The van der Waals surface area contributed by atoms with Gasteiger partial charge in [-0.3, -0.25) is 0 Å². The Hall–Kier alpha value is -0.230. The summed E-state index contributed by atoms with van der Waals surface area (Å²) in [6, 6.07) is 11.1. The molecule has 0 fully saturated rings. The highest BCUT2D eigenvalue weighted by Crippen LogP contribution is 2.30. The molecule has 0 saturated carbocycles. The SMILES string of the molecule is N#Cc1cc(I)c(OCc2ccc(Cl)c(Cl)c2)c(I)c1. The molecule has 6 heteroatoms. The Balaban J connectivity index is 2.19. The molecule has 0 atom stereocenters. The number of hydrogen-bond donors (Lipinski definition) is 0. The molecule has 0 aromatic heterocycles. The van der Waals surface area contributed by atoms with Gasteiger partial charge in [0.2, 0.25) is 0 Å². The Kier molecular flexibility index (Phi) is 5.78. The topological polar surface area (TPSA) is 33.0 Å². The van der Waals surface area contributed by atoms with Crippen LogP contribution in [0.2, 0.25) is 10.0 Å². The maximum absolute atomic E-state index is 8.92. The smallest absolute Gasteiger partial charge is 0.146 e. The lowest BCUT2D eigenvalue weighted by Crippen LogP contribution is -1.99. The van der Waals surface area contributed by atoms with Crippen molar-refractivity contribution in [2.24, 2.45) is 0 Å². The van der Waals surface area contributed by atoms with Crippen LogP contribution in [0.25, 0.3) is 0 Å². The molecule has 0 amide bonds. The van der Waals surface area contributed by atoms with Gasteiger partial charge in [0.1, 0.15) is 12.4 Å². The molecule has 2 nitrogen and oxygen atoms in total. The van der Waals surface area contributed by atoms with Gasteiger partial charge in [-0.2, -0.15) is 5.26 Å². The molecule has 20 heavy (non-hydrogen) atoms. The third-order valence-corrected chi connectivity index (χ3v) is 4.84. The first-order valence-corrected chi connectivity index (χ1v) is 8.38. The van der Waals surface area contributed by atoms with E-state index in [0.29, 0.717) is 22.2 Å². The molecule has 0 bridgehead atoms. The van der Waals surface area contributed by atoms with Gasteiger partial charge in [0.25, 0.3) is 0 Å². The number of rotatable bonds is 3. The standard InChI is InChI=1S/C14H7Cl2I2NO/c15-10-2-1-8(3-11(10)16)7-20-14-12(17)4-9(6-19)5-13(14)18/h1-5H,7H2. The molecule has 2 aromatic carbocycles. The zero-order chi connectivity index (χ0) is 14.7. The van der Waals surface area contributed by atoms with Gasteiger partial charge in [-0.1, -0.05) is 29.3 Å². The van der Waals surface area contributed by atoms with E-state index in [1.54, 1.807) is 24.3 Å². The van der Waals surface area contributed by atoms with E-state index >= 15 is 0 Å². The Morgan fingerprint density at radius 2 is 1.70 bits per heavy atom. The summed E-state index contributed by atoms with van der Waals surface area (Å²) >= 11 is 16.2. The van der Waals surface area contributed by atoms with Gasteiger partial charge in [0.15, 0.2) is 0 Å². The molecule has 0 aliphatic rings. The van der Waals surface area contributed by atoms with Crippen molar-refractivity contribution in [3.63, 3.8) is 0 Å². The van der Waals surface area contributed by atoms with E-state index in [1.165, 1.54) is 0 Å². The quantitative estimate of drug-likeness (QED) is 0.481. The third kappa shape index (κ3) is 3.91. The molecule has 0 unspecified atom stereocenters. The first kappa shape index (κ1) is 16.1. The summed E-state index contributed by atoms with van der Waals surface area (Å²) in [7, 11) is 0. The summed E-state index contributed by atoms with van der Waals surface area (Å²) in [4.78, 5) is 0. The van der Waals surface area contributed by atoms with Gasteiger partial charge < -0.3 is 4.74 Å². The third-order valence-electron chi connectivity index (χ3n) is 2.49. The Morgan fingerprint density at radius 3 is 2.25 bits per heavy atom. The molecule has 0 aliphatic heterocycles. The van der Waals surface area contributed by atoms with E-state index in [-0.39, 0.29) is 0 Å². The van der Waals surface area contributed by atoms with Crippen LogP contribution in [0.3, 0.4) is 0 Å². The Labute approximate surface area is 154 Å².